The standard InChI is InChI=1S/C8H12/c1-5-8(4)6-7(2)3/h1,6-7H,2-4H3. The van der Waals surface area contributed by atoms with Crippen LogP contribution in [0.15, 0.2) is 11.6 Å². The van der Waals surface area contributed by atoms with Crippen LogP contribution in [0.2, 0.25) is 0 Å². The van der Waals surface area contributed by atoms with Crippen LogP contribution in [0.4, 0.5) is 0 Å². The molecule has 0 heteroatoms. The molecule has 0 rings (SSSR count). The fourth-order valence-electron chi connectivity index (χ4n) is 0.548. The van der Waals surface area contributed by atoms with E-state index in [4.69, 9.17) is 6.42 Å². The summed E-state index contributed by atoms with van der Waals surface area (Å²) in [5.74, 6) is 3.13. The first-order chi connectivity index (χ1) is 3.66. The van der Waals surface area contributed by atoms with Gasteiger partial charge in [-0.05, 0) is 18.4 Å². The molecule has 0 aromatic carbocycles. The van der Waals surface area contributed by atoms with Gasteiger partial charge in [-0.3, -0.25) is 0 Å². The van der Waals surface area contributed by atoms with Crippen molar-refractivity contribution in [2.45, 2.75) is 20.8 Å². The Bertz CT molecular complexity index is 121. The van der Waals surface area contributed by atoms with Crippen LogP contribution in [0.5, 0.6) is 0 Å². The molecule has 0 saturated carbocycles. The van der Waals surface area contributed by atoms with Crippen molar-refractivity contribution in [2.75, 3.05) is 0 Å². The first-order valence-electron chi connectivity index (χ1n) is 2.82. The fourth-order valence-corrected chi connectivity index (χ4v) is 0.548. The van der Waals surface area contributed by atoms with E-state index in [1.54, 1.807) is 0 Å². The predicted molar refractivity (Wildman–Crippen MR) is 37.4 cm³/mol. The number of terminal acetylenes is 1. The predicted octanol–water partition coefficient (Wildman–Crippen LogP) is 2.22. The zero-order chi connectivity index (χ0) is 6.57. The van der Waals surface area contributed by atoms with E-state index in [1.807, 2.05) is 6.92 Å². The Kier molecular flexibility index (Phi) is 3.03. The molecule has 44 valence electrons. The smallest absolute Gasteiger partial charge is 0.00507 e. The van der Waals surface area contributed by atoms with Crippen LogP contribution in [0.1, 0.15) is 20.8 Å². The van der Waals surface area contributed by atoms with E-state index in [1.165, 1.54) is 0 Å². The van der Waals surface area contributed by atoms with Gasteiger partial charge in [-0.25, -0.2) is 0 Å². The van der Waals surface area contributed by atoms with Crippen LogP contribution in [-0.4, -0.2) is 0 Å². The van der Waals surface area contributed by atoms with Gasteiger partial charge in [0.25, 0.3) is 0 Å². The molecule has 0 saturated heterocycles. The largest absolute Gasteiger partial charge is 0.115 e. The molecule has 0 fully saturated rings. The molecular formula is C8H12. The maximum atomic E-state index is 5.10. The minimum absolute atomic E-state index is 0.575. The highest BCUT2D eigenvalue weighted by Gasteiger charge is 1.84. The van der Waals surface area contributed by atoms with Crippen LogP contribution < -0.4 is 0 Å². The Labute approximate surface area is 51.6 Å². The Morgan fingerprint density at radius 1 is 1.62 bits per heavy atom. The van der Waals surface area contributed by atoms with Crippen LogP contribution in [-0.2, 0) is 0 Å². The first-order valence-corrected chi connectivity index (χ1v) is 2.82. The van der Waals surface area contributed by atoms with E-state index < -0.39 is 0 Å². The molecule has 0 nitrogen and oxygen atoms in total. The maximum absolute atomic E-state index is 5.10. The zero-order valence-electron chi connectivity index (χ0n) is 5.73. The SMILES string of the molecule is C#CC(C)=CC(C)C. The maximum Gasteiger partial charge on any atom is -0.00507 e. The van der Waals surface area contributed by atoms with Crippen molar-refractivity contribution in [3.8, 4) is 12.3 Å². The normalized spacial score (nSPS) is 11.6. The molecule has 0 aliphatic heterocycles. The lowest BCUT2D eigenvalue weighted by Crippen LogP contribution is -1.79. The van der Waals surface area contributed by atoms with Gasteiger partial charge in [-0.15, -0.1) is 6.42 Å². The lowest BCUT2D eigenvalue weighted by Gasteiger charge is -1.92. The Balaban J connectivity index is 3.80. The molecule has 0 aliphatic carbocycles. The Morgan fingerprint density at radius 2 is 2.12 bits per heavy atom. The molecule has 8 heavy (non-hydrogen) atoms. The van der Waals surface area contributed by atoms with Gasteiger partial charge in [0, 0.05) is 0 Å². The zero-order valence-corrected chi connectivity index (χ0v) is 5.73. The number of hydrogen-bond donors (Lipinski definition) is 0. The number of allylic oxidation sites excluding steroid dienone is 2. The second-order valence-electron chi connectivity index (χ2n) is 2.24. The molecule has 0 heterocycles. The molecule has 0 atom stereocenters. The monoisotopic (exact) mass is 108 g/mol. The number of hydrogen-bond acceptors (Lipinski definition) is 0. The van der Waals surface area contributed by atoms with E-state index >= 15 is 0 Å². The number of rotatable bonds is 1. The minimum Gasteiger partial charge on any atom is -0.115 e. The third-order valence-electron chi connectivity index (χ3n) is 0.811. The minimum atomic E-state index is 0.575. The van der Waals surface area contributed by atoms with Crippen molar-refractivity contribution in [2.24, 2.45) is 5.92 Å². The van der Waals surface area contributed by atoms with E-state index in [-0.39, 0.29) is 0 Å². The van der Waals surface area contributed by atoms with E-state index in [9.17, 15) is 0 Å². The van der Waals surface area contributed by atoms with Gasteiger partial charge in [0.15, 0.2) is 0 Å². The molecular weight excluding hydrogens is 96.1 g/mol. The van der Waals surface area contributed by atoms with Crippen LogP contribution >= 0.6 is 0 Å². The van der Waals surface area contributed by atoms with Gasteiger partial charge in [-0.2, -0.15) is 0 Å². The summed E-state index contributed by atoms with van der Waals surface area (Å²) in [4.78, 5) is 0. The highest BCUT2D eigenvalue weighted by molar-refractivity contribution is 5.22. The van der Waals surface area contributed by atoms with E-state index in [0.717, 1.165) is 5.57 Å². The summed E-state index contributed by atoms with van der Waals surface area (Å²) >= 11 is 0. The summed E-state index contributed by atoms with van der Waals surface area (Å²) in [5.41, 5.74) is 1.03. The van der Waals surface area contributed by atoms with Crippen LogP contribution in [0.25, 0.3) is 0 Å². The summed E-state index contributed by atoms with van der Waals surface area (Å²) in [6.45, 7) is 6.17. The molecule has 0 aromatic rings. The molecule has 0 aliphatic rings. The molecule has 0 unspecified atom stereocenters. The molecule has 0 aromatic heterocycles. The fraction of sp³-hybridized carbons (Fsp3) is 0.500. The highest BCUT2D eigenvalue weighted by atomic mass is 13.9. The topological polar surface area (TPSA) is 0 Å². The summed E-state index contributed by atoms with van der Waals surface area (Å²) in [7, 11) is 0. The molecule has 0 bridgehead atoms. The van der Waals surface area contributed by atoms with Crippen molar-refractivity contribution < 1.29 is 0 Å². The summed E-state index contributed by atoms with van der Waals surface area (Å²) in [5, 5.41) is 0. The third-order valence-corrected chi connectivity index (χ3v) is 0.811. The van der Waals surface area contributed by atoms with Crippen molar-refractivity contribution in [1.29, 1.82) is 0 Å². The van der Waals surface area contributed by atoms with Crippen LogP contribution in [0.3, 0.4) is 0 Å². The van der Waals surface area contributed by atoms with Crippen molar-refractivity contribution in [1.82, 2.24) is 0 Å². The van der Waals surface area contributed by atoms with Gasteiger partial charge in [0.05, 0.1) is 0 Å². The lowest BCUT2D eigenvalue weighted by atomic mass is 10.1. The average molecular weight is 108 g/mol. The first kappa shape index (κ1) is 7.30. The Morgan fingerprint density at radius 3 is 2.25 bits per heavy atom. The molecule has 0 amide bonds. The highest BCUT2D eigenvalue weighted by Crippen LogP contribution is 1.98. The summed E-state index contributed by atoms with van der Waals surface area (Å²) < 4.78 is 0. The third kappa shape index (κ3) is 3.49. The van der Waals surface area contributed by atoms with E-state index in [2.05, 4.69) is 25.8 Å². The van der Waals surface area contributed by atoms with Gasteiger partial charge in [0.2, 0.25) is 0 Å². The quantitative estimate of drug-likeness (QED) is 0.452. The molecule has 0 spiro atoms. The van der Waals surface area contributed by atoms with Gasteiger partial charge in [-0.1, -0.05) is 25.8 Å². The summed E-state index contributed by atoms with van der Waals surface area (Å²) in [6, 6.07) is 0. The van der Waals surface area contributed by atoms with Gasteiger partial charge >= 0.3 is 0 Å². The van der Waals surface area contributed by atoms with Gasteiger partial charge < -0.3 is 0 Å². The lowest BCUT2D eigenvalue weighted by molar-refractivity contribution is 0.826. The molecule has 0 N–H and O–H groups in total. The molecule has 0 radical (unpaired) electrons. The van der Waals surface area contributed by atoms with Gasteiger partial charge in [0.1, 0.15) is 0 Å². The van der Waals surface area contributed by atoms with Crippen molar-refractivity contribution in [3.05, 3.63) is 11.6 Å². The van der Waals surface area contributed by atoms with Crippen molar-refractivity contribution in [3.63, 3.8) is 0 Å². The average Bonchev–Trinajstić information content (AvgIpc) is 1.65. The summed E-state index contributed by atoms with van der Waals surface area (Å²) in [6.07, 6.45) is 7.17. The second kappa shape index (κ2) is 3.32. The second-order valence-corrected chi connectivity index (χ2v) is 2.24. The Hall–Kier alpha value is -0.700. The van der Waals surface area contributed by atoms with Crippen molar-refractivity contribution >= 4 is 0 Å². The van der Waals surface area contributed by atoms with E-state index in [0.29, 0.717) is 5.92 Å². The van der Waals surface area contributed by atoms with Crippen LogP contribution in [0, 0.1) is 18.3 Å².